The van der Waals surface area contributed by atoms with Gasteiger partial charge in [0.15, 0.2) is 11.9 Å². The second kappa shape index (κ2) is 7.67. The molecule has 0 aliphatic rings. The molecule has 0 amide bonds. The van der Waals surface area contributed by atoms with Crippen LogP contribution in [0.5, 0.6) is 0 Å². The Morgan fingerprint density at radius 2 is 2.03 bits per heavy atom. The summed E-state index contributed by atoms with van der Waals surface area (Å²) in [4.78, 5) is 33.5. The van der Waals surface area contributed by atoms with Crippen molar-refractivity contribution in [2.24, 2.45) is 0 Å². The maximum atomic E-state index is 12.8. The number of carbonyl (C=O) groups is 1. The van der Waals surface area contributed by atoms with Gasteiger partial charge in [0.05, 0.1) is 23.0 Å². The number of rotatable bonds is 5. The van der Waals surface area contributed by atoms with Gasteiger partial charge in [-0.15, -0.1) is 11.3 Å². The van der Waals surface area contributed by atoms with Gasteiger partial charge in [0.25, 0.3) is 5.56 Å². The zero-order valence-corrected chi connectivity index (χ0v) is 17.2. The van der Waals surface area contributed by atoms with E-state index in [4.69, 9.17) is 4.74 Å². The number of esters is 1. The Labute approximate surface area is 171 Å². The van der Waals surface area contributed by atoms with Crippen molar-refractivity contribution in [1.29, 1.82) is 0 Å². The number of carbonyl (C=O) groups excluding carboxylic acids is 1. The molecule has 0 aliphatic carbocycles. The first-order valence-corrected chi connectivity index (χ1v) is 10.2. The molecule has 0 bridgehead atoms. The lowest BCUT2D eigenvalue weighted by Gasteiger charge is -2.13. The lowest BCUT2D eigenvalue weighted by Crippen LogP contribution is -2.17. The van der Waals surface area contributed by atoms with Gasteiger partial charge in [-0.2, -0.15) is 0 Å². The van der Waals surface area contributed by atoms with Crippen LogP contribution in [0.4, 0.5) is 0 Å². The molecule has 0 fully saturated rings. The van der Waals surface area contributed by atoms with Gasteiger partial charge >= 0.3 is 5.97 Å². The second-order valence-corrected chi connectivity index (χ2v) is 8.00. The zero-order chi connectivity index (χ0) is 20.5. The molecule has 3 heterocycles. The predicted molar refractivity (Wildman–Crippen MR) is 114 cm³/mol. The zero-order valence-electron chi connectivity index (χ0n) is 16.4. The van der Waals surface area contributed by atoms with Gasteiger partial charge in [0.1, 0.15) is 0 Å². The van der Waals surface area contributed by atoms with E-state index in [9.17, 15) is 9.59 Å². The van der Waals surface area contributed by atoms with Gasteiger partial charge < -0.3 is 14.3 Å². The van der Waals surface area contributed by atoms with E-state index in [-0.39, 0.29) is 5.56 Å². The highest BCUT2D eigenvalue weighted by Crippen LogP contribution is 2.22. The molecule has 3 aromatic heterocycles. The van der Waals surface area contributed by atoms with Gasteiger partial charge in [-0.25, -0.2) is 9.78 Å². The first kappa shape index (κ1) is 19.1. The van der Waals surface area contributed by atoms with Crippen LogP contribution in [0.25, 0.3) is 10.9 Å². The molecule has 7 heteroatoms. The van der Waals surface area contributed by atoms with Gasteiger partial charge in [-0.05, 0) is 50.4 Å². The van der Waals surface area contributed by atoms with E-state index < -0.39 is 12.1 Å². The van der Waals surface area contributed by atoms with Crippen LogP contribution < -0.4 is 5.56 Å². The average molecular weight is 407 g/mol. The van der Waals surface area contributed by atoms with Crippen LogP contribution in [0, 0.1) is 13.8 Å². The minimum Gasteiger partial charge on any atom is -0.451 e. The standard InChI is InChI=1S/C22H21N3O3S/c1-13-11-18(14(2)25(13)12-16-7-6-10-29-16)22(27)28-15(3)20-23-19-9-5-4-8-17(19)21(26)24-20/h4-11,15H,12H2,1-3H3,(H,23,24,26)/t15-/m0/s1. The number of hydrogen-bond acceptors (Lipinski definition) is 5. The van der Waals surface area contributed by atoms with Gasteiger partial charge in [-0.1, -0.05) is 18.2 Å². The molecule has 0 saturated heterocycles. The fourth-order valence-corrected chi connectivity index (χ4v) is 4.08. The largest absolute Gasteiger partial charge is 0.451 e. The first-order valence-electron chi connectivity index (χ1n) is 9.33. The number of fused-ring (bicyclic) bond motifs is 1. The Morgan fingerprint density at radius 1 is 1.24 bits per heavy atom. The normalized spacial score (nSPS) is 12.2. The number of hydrogen-bond donors (Lipinski definition) is 1. The highest BCUT2D eigenvalue weighted by atomic mass is 32.1. The molecular formula is C22H21N3O3S. The van der Waals surface area contributed by atoms with Crippen molar-refractivity contribution >= 4 is 28.2 Å². The minimum atomic E-state index is -0.680. The van der Waals surface area contributed by atoms with Gasteiger partial charge in [0.2, 0.25) is 0 Å². The molecule has 1 N–H and O–H groups in total. The number of aryl methyl sites for hydroxylation is 1. The SMILES string of the molecule is Cc1cc(C(=O)O[C@@H](C)c2nc3ccccc3c(=O)[nH]2)c(C)n1Cc1cccs1. The van der Waals surface area contributed by atoms with E-state index in [1.165, 1.54) is 4.88 Å². The molecule has 148 valence electrons. The summed E-state index contributed by atoms with van der Waals surface area (Å²) < 4.78 is 7.73. The number of aromatic nitrogens is 3. The molecule has 0 unspecified atom stereocenters. The molecule has 0 spiro atoms. The molecular weight excluding hydrogens is 386 g/mol. The smallest absolute Gasteiger partial charge is 0.340 e. The lowest BCUT2D eigenvalue weighted by molar-refractivity contribution is 0.0319. The highest BCUT2D eigenvalue weighted by molar-refractivity contribution is 7.09. The Balaban J connectivity index is 1.57. The number of thiophene rings is 1. The maximum absolute atomic E-state index is 12.8. The van der Waals surface area contributed by atoms with E-state index in [1.54, 1.807) is 36.5 Å². The van der Waals surface area contributed by atoms with Gasteiger partial charge in [0, 0.05) is 16.3 Å². The molecule has 1 aromatic carbocycles. The Kier molecular flexibility index (Phi) is 5.07. The van der Waals surface area contributed by atoms with E-state index in [0.29, 0.717) is 22.3 Å². The molecule has 4 aromatic rings. The third-order valence-corrected chi connectivity index (χ3v) is 5.85. The predicted octanol–water partition coefficient (Wildman–Crippen LogP) is 4.37. The fraction of sp³-hybridized carbons (Fsp3) is 0.227. The first-order chi connectivity index (χ1) is 13.9. The van der Waals surface area contributed by atoms with E-state index >= 15 is 0 Å². The summed E-state index contributed by atoms with van der Waals surface area (Å²) in [5, 5.41) is 2.55. The van der Waals surface area contributed by atoms with Crippen LogP contribution in [0.2, 0.25) is 0 Å². The van der Waals surface area contributed by atoms with E-state index in [2.05, 4.69) is 20.6 Å². The molecule has 0 aliphatic heterocycles. The molecule has 0 radical (unpaired) electrons. The monoisotopic (exact) mass is 407 g/mol. The average Bonchev–Trinajstić information content (AvgIpc) is 3.31. The summed E-state index contributed by atoms with van der Waals surface area (Å²) in [5.41, 5.74) is 2.70. The number of para-hydroxylation sites is 1. The summed E-state index contributed by atoms with van der Waals surface area (Å²) in [6.07, 6.45) is -0.680. The van der Waals surface area contributed by atoms with Crippen LogP contribution in [-0.2, 0) is 11.3 Å². The number of aromatic amines is 1. The Hall–Kier alpha value is -3.19. The summed E-state index contributed by atoms with van der Waals surface area (Å²) in [6, 6.07) is 13.0. The van der Waals surface area contributed by atoms with Crippen molar-refractivity contribution in [3.05, 3.63) is 85.9 Å². The van der Waals surface area contributed by atoms with Gasteiger partial charge in [-0.3, -0.25) is 4.79 Å². The Bertz CT molecular complexity index is 1240. The number of benzene rings is 1. The summed E-state index contributed by atoms with van der Waals surface area (Å²) >= 11 is 1.68. The molecule has 0 saturated carbocycles. The molecule has 29 heavy (non-hydrogen) atoms. The Morgan fingerprint density at radius 3 is 2.79 bits per heavy atom. The van der Waals surface area contributed by atoms with E-state index in [0.717, 1.165) is 17.9 Å². The second-order valence-electron chi connectivity index (χ2n) is 6.97. The van der Waals surface area contributed by atoms with Crippen molar-refractivity contribution in [1.82, 2.24) is 14.5 Å². The van der Waals surface area contributed by atoms with E-state index in [1.807, 2.05) is 37.4 Å². The molecule has 4 rings (SSSR count). The van der Waals surface area contributed by atoms with Crippen molar-refractivity contribution in [2.45, 2.75) is 33.4 Å². The lowest BCUT2D eigenvalue weighted by atomic mass is 10.2. The van der Waals surface area contributed by atoms with Crippen LogP contribution in [-0.4, -0.2) is 20.5 Å². The third-order valence-electron chi connectivity index (χ3n) is 4.99. The molecule has 6 nitrogen and oxygen atoms in total. The fourth-order valence-electron chi connectivity index (χ4n) is 3.39. The minimum absolute atomic E-state index is 0.248. The topological polar surface area (TPSA) is 77.0 Å². The maximum Gasteiger partial charge on any atom is 0.340 e. The number of nitrogens with zero attached hydrogens (tertiary/aromatic N) is 2. The summed E-state index contributed by atoms with van der Waals surface area (Å²) in [7, 11) is 0. The number of ether oxygens (including phenoxy) is 1. The van der Waals surface area contributed by atoms with Crippen LogP contribution in [0.1, 0.15) is 45.5 Å². The highest BCUT2D eigenvalue weighted by Gasteiger charge is 2.21. The van der Waals surface area contributed by atoms with Crippen LogP contribution >= 0.6 is 11.3 Å². The van der Waals surface area contributed by atoms with Crippen LogP contribution in [0.3, 0.4) is 0 Å². The summed E-state index contributed by atoms with van der Waals surface area (Å²) in [6.45, 7) is 6.31. The molecule has 1 atom stereocenters. The number of H-pyrrole nitrogens is 1. The third kappa shape index (κ3) is 3.73. The van der Waals surface area contributed by atoms with Crippen LogP contribution in [0.15, 0.2) is 52.6 Å². The van der Waals surface area contributed by atoms with Crippen molar-refractivity contribution in [3.8, 4) is 0 Å². The van der Waals surface area contributed by atoms with Crippen molar-refractivity contribution < 1.29 is 9.53 Å². The van der Waals surface area contributed by atoms with Crippen molar-refractivity contribution in [3.63, 3.8) is 0 Å². The summed E-state index contributed by atoms with van der Waals surface area (Å²) in [5.74, 6) is -0.103. The van der Waals surface area contributed by atoms with Crippen molar-refractivity contribution in [2.75, 3.05) is 0 Å². The quantitative estimate of drug-likeness (QED) is 0.499. The number of nitrogens with one attached hydrogen (secondary N) is 1.